The highest BCUT2D eigenvalue weighted by atomic mass is 35.5. The maximum Gasteiger partial charge on any atom is 0.435 e. The molecule has 0 spiro atoms. The molecule has 1 aromatic carbocycles. The Labute approximate surface area is 158 Å². The van der Waals surface area contributed by atoms with Crippen molar-refractivity contribution in [3.05, 3.63) is 46.9 Å². The second-order valence-corrected chi connectivity index (χ2v) is 7.21. The molecule has 2 aromatic rings. The molecular formula is C18H17ClF3N3O2. The van der Waals surface area contributed by atoms with Crippen LogP contribution in [0.1, 0.15) is 35.9 Å². The lowest BCUT2D eigenvalue weighted by atomic mass is 10.0. The topological polar surface area (TPSA) is 75.1 Å². The number of hydrogen-bond acceptors (Lipinski definition) is 4. The first-order chi connectivity index (χ1) is 12.6. The van der Waals surface area contributed by atoms with Crippen molar-refractivity contribution < 1.29 is 23.1 Å². The molecule has 1 saturated carbocycles. The molecule has 1 aromatic heterocycles. The summed E-state index contributed by atoms with van der Waals surface area (Å²) < 4.78 is 40.3. The monoisotopic (exact) mass is 399 g/mol. The van der Waals surface area contributed by atoms with Crippen molar-refractivity contribution in [1.82, 2.24) is 15.3 Å². The molecule has 1 aliphatic rings. The van der Waals surface area contributed by atoms with E-state index in [0.29, 0.717) is 10.6 Å². The summed E-state index contributed by atoms with van der Waals surface area (Å²) in [6, 6.07) is 6.16. The number of carbonyl (C=O) groups excluding carboxylic acids is 1. The fraction of sp³-hybridized carbons (Fsp3) is 0.389. The summed E-state index contributed by atoms with van der Waals surface area (Å²) in [5, 5.41) is 12.9. The number of nitrogens with one attached hydrogen (secondary N) is 1. The second-order valence-electron chi connectivity index (χ2n) is 6.77. The molecule has 27 heavy (non-hydrogen) atoms. The molecule has 0 radical (unpaired) electrons. The molecule has 5 nitrogen and oxygen atoms in total. The number of aromatic nitrogens is 2. The molecule has 3 rings (SSSR count). The highest BCUT2D eigenvalue weighted by molar-refractivity contribution is 6.30. The van der Waals surface area contributed by atoms with E-state index in [9.17, 15) is 23.1 Å². The Bertz CT molecular complexity index is 867. The van der Waals surface area contributed by atoms with Gasteiger partial charge in [0.15, 0.2) is 11.4 Å². The Morgan fingerprint density at radius 2 is 2.07 bits per heavy atom. The molecule has 0 saturated heterocycles. The Morgan fingerprint density at radius 1 is 1.37 bits per heavy atom. The summed E-state index contributed by atoms with van der Waals surface area (Å²) in [4.78, 5) is 19.5. The van der Waals surface area contributed by atoms with Crippen LogP contribution >= 0.6 is 11.6 Å². The Morgan fingerprint density at radius 3 is 2.67 bits per heavy atom. The Hall–Kier alpha value is -2.19. The summed E-state index contributed by atoms with van der Waals surface area (Å²) in [7, 11) is 0. The lowest BCUT2D eigenvalue weighted by molar-refractivity contribution is -0.141. The van der Waals surface area contributed by atoms with Gasteiger partial charge < -0.3 is 10.4 Å². The minimum Gasteiger partial charge on any atom is -0.388 e. The van der Waals surface area contributed by atoms with Crippen LogP contribution in [0.2, 0.25) is 5.02 Å². The van der Waals surface area contributed by atoms with Crippen LogP contribution in [0, 0.1) is 5.92 Å². The van der Waals surface area contributed by atoms with Crippen LogP contribution in [0.15, 0.2) is 30.5 Å². The van der Waals surface area contributed by atoms with Gasteiger partial charge in [0.25, 0.3) is 5.91 Å². The third-order valence-electron chi connectivity index (χ3n) is 4.44. The van der Waals surface area contributed by atoms with Crippen molar-refractivity contribution in [3.63, 3.8) is 0 Å². The molecule has 9 heteroatoms. The number of rotatable bonds is 5. The van der Waals surface area contributed by atoms with Gasteiger partial charge in [0, 0.05) is 17.1 Å². The fourth-order valence-corrected chi connectivity index (χ4v) is 2.92. The molecule has 2 N–H and O–H groups in total. The van der Waals surface area contributed by atoms with E-state index in [2.05, 4.69) is 15.3 Å². The van der Waals surface area contributed by atoms with Crippen molar-refractivity contribution in [1.29, 1.82) is 0 Å². The van der Waals surface area contributed by atoms with Crippen LogP contribution in [0.25, 0.3) is 11.3 Å². The predicted molar refractivity (Wildman–Crippen MR) is 93.2 cm³/mol. The average molecular weight is 400 g/mol. The first-order valence-electron chi connectivity index (χ1n) is 8.29. The Balaban J connectivity index is 1.89. The van der Waals surface area contributed by atoms with Crippen LogP contribution in [0.5, 0.6) is 0 Å². The highest BCUT2D eigenvalue weighted by Gasteiger charge is 2.42. The van der Waals surface area contributed by atoms with Crippen LogP contribution in [-0.2, 0) is 6.18 Å². The summed E-state index contributed by atoms with van der Waals surface area (Å²) in [5.74, 6) is -0.996. The minimum absolute atomic E-state index is 0.0381. The maximum atomic E-state index is 13.4. The second kappa shape index (κ2) is 7.09. The van der Waals surface area contributed by atoms with E-state index in [0.717, 1.165) is 19.0 Å². The third-order valence-corrected chi connectivity index (χ3v) is 4.68. The van der Waals surface area contributed by atoms with E-state index in [1.807, 2.05) is 0 Å². The van der Waals surface area contributed by atoms with Crippen molar-refractivity contribution in [2.75, 3.05) is 6.54 Å². The molecule has 1 atom stereocenters. The Kier molecular flexibility index (Phi) is 5.14. The van der Waals surface area contributed by atoms with Gasteiger partial charge in [-0.05, 0) is 37.8 Å². The zero-order valence-corrected chi connectivity index (χ0v) is 15.1. The van der Waals surface area contributed by atoms with Gasteiger partial charge in [-0.1, -0.05) is 23.7 Å². The lowest BCUT2D eigenvalue weighted by Gasteiger charge is -2.23. The number of aliphatic hydroxyl groups is 1. The normalized spacial score (nSPS) is 16.7. The summed E-state index contributed by atoms with van der Waals surface area (Å²) >= 11 is 5.86. The van der Waals surface area contributed by atoms with Crippen molar-refractivity contribution in [2.24, 2.45) is 5.92 Å². The molecule has 0 aliphatic heterocycles. The van der Waals surface area contributed by atoms with Crippen LogP contribution < -0.4 is 5.32 Å². The van der Waals surface area contributed by atoms with Crippen molar-refractivity contribution in [3.8, 4) is 11.3 Å². The zero-order chi connectivity index (χ0) is 19.8. The van der Waals surface area contributed by atoms with Gasteiger partial charge >= 0.3 is 6.18 Å². The van der Waals surface area contributed by atoms with Gasteiger partial charge in [0.2, 0.25) is 0 Å². The van der Waals surface area contributed by atoms with E-state index in [1.165, 1.54) is 6.07 Å². The molecule has 1 heterocycles. The van der Waals surface area contributed by atoms with Gasteiger partial charge in [-0.25, -0.2) is 9.97 Å². The van der Waals surface area contributed by atoms with Gasteiger partial charge in [-0.3, -0.25) is 4.79 Å². The fourth-order valence-electron chi connectivity index (χ4n) is 2.73. The van der Waals surface area contributed by atoms with Gasteiger partial charge in [0.1, 0.15) is 0 Å². The van der Waals surface area contributed by atoms with Gasteiger partial charge in [-0.2, -0.15) is 13.2 Å². The molecule has 1 fully saturated rings. The molecule has 1 amide bonds. The highest BCUT2D eigenvalue weighted by Crippen LogP contribution is 2.39. The van der Waals surface area contributed by atoms with E-state index in [1.54, 1.807) is 25.1 Å². The average Bonchev–Trinajstić information content (AvgIpc) is 3.44. The summed E-state index contributed by atoms with van der Waals surface area (Å²) in [6.45, 7) is 1.38. The van der Waals surface area contributed by atoms with E-state index >= 15 is 0 Å². The quantitative estimate of drug-likeness (QED) is 0.803. The van der Waals surface area contributed by atoms with E-state index in [-0.39, 0.29) is 18.2 Å². The largest absolute Gasteiger partial charge is 0.435 e. The molecule has 0 bridgehead atoms. The summed E-state index contributed by atoms with van der Waals surface area (Å²) in [5.41, 5.74) is -3.08. The maximum absolute atomic E-state index is 13.4. The van der Waals surface area contributed by atoms with Crippen LogP contribution in [-0.4, -0.2) is 33.1 Å². The number of halogens is 4. The lowest BCUT2D eigenvalue weighted by Crippen LogP contribution is -2.43. The van der Waals surface area contributed by atoms with Crippen LogP contribution in [0.4, 0.5) is 13.2 Å². The number of alkyl halides is 3. The first-order valence-corrected chi connectivity index (χ1v) is 8.66. The van der Waals surface area contributed by atoms with E-state index in [4.69, 9.17) is 11.6 Å². The molecule has 1 aliphatic carbocycles. The van der Waals surface area contributed by atoms with E-state index < -0.39 is 29.1 Å². The predicted octanol–water partition coefficient (Wildman–Crippen LogP) is 3.71. The molecular weight excluding hydrogens is 383 g/mol. The standard InChI is InChI=1S/C18H17ClF3N3O2/c1-17(27,11-5-6-11)9-24-16(26)14-15(18(20,21)22)25-13(8-23-14)10-3-2-4-12(19)7-10/h2-4,7-8,11,27H,5-6,9H2,1H3,(H,24,26). The van der Waals surface area contributed by atoms with Crippen LogP contribution in [0.3, 0.4) is 0 Å². The van der Waals surface area contributed by atoms with Gasteiger partial charge in [-0.15, -0.1) is 0 Å². The third kappa shape index (κ3) is 4.56. The molecule has 144 valence electrons. The molecule has 1 unspecified atom stereocenters. The minimum atomic E-state index is -4.87. The number of carbonyl (C=O) groups is 1. The van der Waals surface area contributed by atoms with Gasteiger partial charge in [0.05, 0.1) is 17.5 Å². The number of nitrogens with zero attached hydrogens (tertiary/aromatic N) is 2. The number of amides is 1. The number of hydrogen-bond donors (Lipinski definition) is 2. The number of benzene rings is 1. The van der Waals surface area contributed by atoms with Crippen molar-refractivity contribution >= 4 is 17.5 Å². The van der Waals surface area contributed by atoms with Crippen molar-refractivity contribution in [2.45, 2.75) is 31.5 Å². The first kappa shape index (κ1) is 19.6. The SMILES string of the molecule is CC(O)(CNC(=O)c1ncc(-c2cccc(Cl)c2)nc1C(F)(F)F)C1CC1. The summed E-state index contributed by atoms with van der Waals surface area (Å²) in [6.07, 6.45) is -2.13. The smallest absolute Gasteiger partial charge is 0.388 e. The zero-order valence-electron chi connectivity index (χ0n) is 14.3.